The summed E-state index contributed by atoms with van der Waals surface area (Å²) in [6.07, 6.45) is 3.60. The number of aromatic nitrogens is 2. The van der Waals surface area contributed by atoms with Gasteiger partial charge in [0.1, 0.15) is 17.9 Å². The van der Waals surface area contributed by atoms with Crippen molar-refractivity contribution in [3.05, 3.63) is 47.9 Å². The molecule has 25 heavy (non-hydrogen) atoms. The van der Waals surface area contributed by atoms with Gasteiger partial charge in [-0.15, -0.1) is 0 Å². The van der Waals surface area contributed by atoms with Gasteiger partial charge in [0.05, 0.1) is 13.7 Å². The summed E-state index contributed by atoms with van der Waals surface area (Å²) < 4.78 is 10.7. The third kappa shape index (κ3) is 4.47. The SMILES string of the molecule is COC(=O)c1cc(N2CCCC(COc3cccc(C)c3)C2)ncn1. The van der Waals surface area contributed by atoms with Gasteiger partial charge in [-0.3, -0.25) is 0 Å². The molecule has 1 aliphatic heterocycles. The van der Waals surface area contributed by atoms with Crippen molar-refractivity contribution in [2.75, 3.05) is 31.7 Å². The maximum Gasteiger partial charge on any atom is 0.356 e. The Hall–Kier alpha value is -2.63. The fourth-order valence-electron chi connectivity index (χ4n) is 3.06. The van der Waals surface area contributed by atoms with E-state index in [9.17, 15) is 4.79 Å². The van der Waals surface area contributed by atoms with Gasteiger partial charge in [-0.1, -0.05) is 12.1 Å². The van der Waals surface area contributed by atoms with Crippen molar-refractivity contribution < 1.29 is 14.3 Å². The van der Waals surface area contributed by atoms with E-state index in [0.717, 1.165) is 37.5 Å². The summed E-state index contributed by atoms with van der Waals surface area (Å²) >= 11 is 0. The number of hydrogen-bond acceptors (Lipinski definition) is 6. The Morgan fingerprint density at radius 3 is 3.00 bits per heavy atom. The number of hydrogen-bond donors (Lipinski definition) is 0. The van der Waals surface area contributed by atoms with Crippen LogP contribution in [0, 0.1) is 12.8 Å². The van der Waals surface area contributed by atoms with Gasteiger partial charge in [-0.05, 0) is 37.5 Å². The number of anilines is 1. The molecule has 0 N–H and O–H groups in total. The third-order valence-corrected chi connectivity index (χ3v) is 4.37. The molecule has 2 heterocycles. The Balaban J connectivity index is 1.62. The van der Waals surface area contributed by atoms with E-state index in [1.54, 1.807) is 6.07 Å². The van der Waals surface area contributed by atoms with E-state index < -0.39 is 5.97 Å². The Kier molecular flexibility index (Phi) is 5.48. The normalized spacial score (nSPS) is 17.2. The Morgan fingerprint density at radius 2 is 2.20 bits per heavy atom. The molecule has 0 saturated carbocycles. The second kappa shape index (κ2) is 7.96. The van der Waals surface area contributed by atoms with Crippen molar-refractivity contribution in [2.24, 2.45) is 5.92 Å². The van der Waals surface area contributed by atoms with E-state index in [1.807, 2.05) is 18.2 Å². The van der Waals surface area contributed by atoms with Gasteiger partial charge in [0, 0.05) is 25.1 Å². The molecular weight excluding hydrogens is 318 g/mol. The van der Waals surface area contributed by atoms with Crippen molar-refractivity contribution in [3.8, 4) is 5.75 Å². The summed E-state index contributed by atoms with van der Waals surface area (Å²) in [6.45, 7) is 4.50. The van der Waals surface area contributed by atoms with E-state index in [1.165, 1.54) is 19.0 Å². The highest BCUT2D eigenvalue weighted by atomic mass is 16.5. The molecule has 1 aromatic heterocycles. The van der Waals surface area contributed by atoms with E-state index >= 15 is 0 Å². The van der Waals surface area contributed by atoms with Crippen LogP contribution in [-0.2, 0) is 4.74 Å². The van der Waals surface area contributed by atoms with Crippen LogP contribution < -0.4 is 9.64 Å². The van der Waals surface area contributed by atoms with Gasteiger partial charge < -0.3 is 14.4 Å². The molecule has 1 unspecified atom stereocenters. The van der Waals surface area contributed by atoms with Crippen LogP contribution >= 0.6 is 0 Å². The lowest BCUT2D eigenvalue weighted by atomic mass is 9.99. The molecule has 6 heteroatoms. The average Bonchev–Trinajstić information content (AvgIpc) is 2.66. The van der Waals surface area contributed by atoms with Crippen LogP contribution in [0.4, 0.5) is 5.82 Å². The Labute approximate surface area is 147 Å². The molecule has 2 aromatic rings. The maximum atomic E-state index is 11.6. The van der Waals surface area contributed by atoms with E-state index in [4.69, 9.17) is 9.47 Å². The number of rotatable bonds is 5. The first-order chi connectivity index (χ1) is 12.2. The summed E-state index contributed by atoms with van der Waals surface area (Å²) in [4.78, 5) is 22.1. The van der Waals surface area contributed by atoms with E-state index in [-0.39, 0.29) is 5.69 Å². The molecule has 6 nitrogen and oxygen atoms in total. The summed E-state index contributed by atoms with van der Waals surface area (Å²) in [5, 5.41) is 0. The molecule has 1 aromatic carbocycles. The molecule has 0 aliphatic carbocycles. The molecule has 1 fully saturated rings. The van der Waals surface area contributed by atoms with Crippen LogP contribution in [0.2, 0.25) is 0 Å². The molecule has 132 valence electrons. The quantitative estimate of drug-likeness (QED) is 0.779. The van der Waals surface area contributed by atoms with Gasteiger partial charge in [0.25, 0.3) is 0 Å². The topological polar surface area (TPSA) is 64.5 Å². The summed E-state index contributed by atoms with van der Waals surface area (Å²) in [6, 6.07) is 9.79. The van der Waals surface area contributed by atoms with Crippen LogP contribution in [0.1, 0.15) is 28.9 Å². The summed E-state index contributed by atoms with van der Waals surface area (Å²) in [7, 11) is 1.35. The molecule has 3 rings (SSSR count). The van der Waals surface area contributed by atoms with Crippen molar-refractivity contribution in [1.82, 2.24) is 9.97 Å². The van der Waals surface area contributed by atoms with Gasteiger partial charge in [0.2, 0.25) is 0 Å². The highest BCUT2D eigenvalue weighted by molar-refractivity contribution is 5.87. The lowest BCUT2D eigenvalue weighted by Gasteiger charge is -2.33. The summed E-state index contributed by atoms with van der Waals surface area (Å²) in [5.41, 5.74) is 1.48. The molecule has 0 radical (unpaired) electrons. The number of aryl methyl sites for hydroxylation is 1. The Morgan fingerprint density at radius 1 is 1.32 bits per heavy atom. The fourth-order valence-corrected chi connectivity index (χ4v) is 3.06. The molecule has 1 aliphatic rings. The van der Waals surface area contributed by atoms with Gasteiger partial charge in [0.15, 0.2) is 5.69 Å². The molecule has 0 spiro atoms. The van der Waals surface area contributed by atoms with Crippen molar-refractivity contribution in [2.45, 2.75) is 19.8 Å². The third-order valence-electron chi connectivity index (χ3n) is 4.37. The highest BCUT2D eigenvalue weighted by Crippen LogP contribution is 2.23. The number of nitrogens with zero attached hydrogens (tertiary/aromatic N) is 3. The van der Waals surface area contributed by atoms with Crippen LogP contribution in [0.5, 0.6) is 5.75 Å². The van der Waals surface area contributed by atoms with Crippen molar-refractivity contribution in [3.63, 3.8) is 0 Å². The lowest BCUT2D eigenvalue weighted by molar-refractivity contribution is 0.0594. The number of piperidine rings is 1. The minimum absolute atomic E-state index is 0.283. The maximum absolute atomic E-state index is 11.6. The van der Waals surface area contributed by atoms with Gasteiger partial charge >= 0.3 is 5.97 Å². The van der Waals surface area contributed by atoms with Gasteiger partial charge in [-0.2, -0.15) is 0 Å². The van der Waals surface area contributed by atoms with Crippen LogP contribution in [0.25, 0.3) is 0 Å². The zero-order valence-corrected chi connectivity index (χ0v) is 14.6. The first-order valence-electron chi connectivity index (χ1n) is 8.50. The van der Waals surface area contributed by atoms with Crippen LogP contribution in [-0.4, -0.2) is 42.7 Å². The molecule has 1 saturated heterocycles. The molecule has 1 atom stereocenters. The number of esters is 1. The standard InChI is InChI=1S/C19H23N3O3/c1-14-5-3-7-16(9-14)25-12-15-6-4-8-22(11-15)18-10-17(19(23)24-2)20-13-21-18/h3,5,7,9-10,13,15H,4,6,8,11-12H2,1-2H3. The number of carbonyl (C=O) groups is 1. The largest absolute Gasteiger partial charge is 0.493 e. The minimum atomic E-state index is -0.444. The average molecular weight is 341 g/mol. The van der Waals surface area contributed by atoms with Crippen LogP contribution in [0.15, 0.2) is 36.7 Å². The fraction of sp³-hybridized carbons (Fsp3) is 0.421. The lowest BCUT2D eigenvalue weighted by Crippen LogP contribution is -2.38. The molecule has 0 amide bonds. The highest BCUT2D eigenvalue weighted by Gasteiger charge is 2.22. The number of methoxy groups -OCH3 is 1. The van der Waals surface area contributed by atoms with E-state index in [0.29, 0.717) is 12.5 Å². The van der Waals surface area contributed by atoms with Crippen LogP contribution in [0.3, 0.4) is 0 Å². The minimum Gasteiger partial charge on any atom is -0.493 e. The number of ether oxygens (including phenoxy) is 2. The first-order valence-corrected chi connectivity index (χ1v) is 8.50. The molecule has 0 bridgehead atoms. The second-order valence-electron chi connectivity index (χ2n) is 6.33. The monoisotopic (exact) mass is 341 g/mol. The zero-order chi connectivity index (χ0) is 17.6. The van der Waals surface area contributed by atoms with E-state index in [2.05, 4.69) is 27.9 Å². The second-order valence-corrected chi connectivity index (χ2v) is 6.33. The predicted octanol–water partition coefficient (Wildman–Crippen LogP) is 2.87. The summed E-state index contributed by atoms with van der Waals surface area (Å²) in [5.74, 6) is 1.65. The number of carbonyl (C=O) groups excluding carboxylic acids is 1. The smallest absolute Gasteiger partial charge is 0.356 e. The molecular formula is C19H23N3O3. The van der Waals surface area contributed by atoms with Crippen molar-refractivity contribution in [1.29, 1.82) is 0 Å². The Bertz CT molecular complexity index is 735. The van der Waals surface area contributed by atoms with Gasteiger partial charge in [-0.25, -0.2) is 14.8 Å². The number of benzene rings is 1. The zero-order valence-electron chi connectivity index (χ0n) is 14.6. The first kappa shape index (κ1) is 17.2. The predicted molar refractivity (Wildman–Crippen MR) is 95.0 cm³/mol. The van der Waals surface area contributed by atoms with Crippen molar-refractivity contribution >= 4 is 11.8 Å².